The molecule has 0 saturated heterocycles. The second kappa shape index (κ2) is 5.78. The topological polar surface area (TPSA) is 12.0 Å². The summed E-state index contributed by atoms with van der Waals surface area (Å²) in [6.45, 7) is 0. The maximum atomic E-state index is 3.79. The van der Waals surface area contributed by atoms with E-state index >= 15 is 0 Å². The number of para-hydroxylation sites is 1. The molecule has 19 heavy (non-hydrogen) atoms. The molecule has 1 N–H and O–H groups in total. The fraction of sp³-hybridized carbons (Fsp3) is 0.647. The van der Waals surface area contributed by atoms with Gasteiger partial charge in [-0.2, -0.15) is 0 Å². The molecule has 104 valence electrons. The molecule has 0 unspecified atom stereocenters. The van der Waals surface area contributed by atoms with Gasteiger partial charge in [0.25, 0.3) is 0 Å². The molecule has 0 atom stereocenters. The van der Waals surface area contributed by atoms with Crippen LogP contribution in [0.5, 0.6) is 0 Å². The van der Waals surface area contributed by atoms with Crippen LogP contribution in [-0.2, 0) is 0 Å². The van der Waals surface area contributed by atoms with E-state index in [4.69, 9.17) is 0 Å². The molecule has 2 aliphatic carbocycles. The van der Waals surface area contributed by atoms with E-state index in [9.17, 15) is 0 Å². The summed E-state index contributed by atoms with van der Waals surface area (Å²) >= 11 is 1.84. The molecule has 1 aromatic carbocycles. The molecule has 1 nitrogen and oxygen atoms in total. The summed E-state index contributed by atoms with van der Waals surface area (Å²) in [5.41, 5.74) is 2.08. The summed E-state index contributed by atoms with van der Waals surface area (Å²) in [6, 6.07) is 9.41. The molecule has 0 radical (unpaired) electrons. The van der Waals surface area contributed by atoms with Gasteiger partial charge < -0.3 is 5.32 Å². The van der Waals surface area contributed by atoms with E-state index in [2.05, 4.69) is 35.8 Å². The molecule has 2 saturated carbocycles. The third-order valence-electron chi connectivity index (χ3n) is 5.18. The lowest BCUT2D eigenvalue weighted by Gasteiger charge is -2.38. The summed E-state index contributed by atoms with van der Waals surface area (Å²) in [4.78, 5) is 1.38. The van der Waals surface area contributed by atoms with Crippen molar-refractivity contribution in [2.24, 2.45) is 5.41 Å². The predicted molar refractivity (Wildman–Crippen MR) is 85.0 cm³/mol. The van der Waals surface area contributed by atoms with Crippen molar-refractivity contribution < 1.29 is 0 Å². The van der Waals surface area contributed by atoms with Crippen molar-refractivity contribution in [3.8, 4) is 0 Å². The van der Waals surface area contributed by atoms with Crippen LogP contribution in [0.15, 0.2) is 29.2 Å². The molecule has 0 heterocycles. The van der Waals surface area contributed by atoms with Gasteiger partial charge >= 0.3 is 0 Å². The SMILES string of the molecule is CSc1ccccc1NC1CCC2(CCCC2)CC1. The second-order valence-corrected chi connectivity index (χ2v) is 7.17. The minimum Gasteiger partial charge on any atom is -0.381 e. The van der Waals surface area contributed by atoms with E-state index < -0.39 is 0 Å². The number of benzene rings is 1. The Kier molecular flexibility index (Phi) is 4.07. The highest BCUT2D eigenvalue weighted by molar-refractivity contribution is 7.98. The van der Waals surface area contributed by atoms with E-state index in [0.717, 1.165) is 5.41 Å². The fourth-order valence-corrected chi connectivity index (χ4v) is 4.54. The summed E-state index contributed by atoms with van der Waals surface area (Å²) < 4.78 is 0. The van der Waals surface area contributed by atoms with Gasteiger partial charge in [0.1, 0.15) is 0 Å². The standard InChI is InChI=1S/C17H25NS/c1-19-16-7-3-2-6-15(16)18-14-8-12-17(13-9-14)10-4-5-11-17/h2-3,6-7,14,18H,4-5,8-13H2,1H3. The lowest BCUT2D eigenvalue weighted by atomic mass is 9.71. The average Bonchev–Trinajstić information content (AvgIpc) is 2.91. The third-order valence-corrected chi connectivity index (χ3v) is 5.97. The van der Waals surface area contributed by atoms with Crippen molar-refractivity contribution in [2.45, 2.75) is 62.3 Å². The van der Waals surface area contributed by atoms with Crippen LogP contribution in [-0.4, -0.2) is 12.3 Å². The van der Waals surface area contributed by atoms with Crippen molar-refractivity contribution in [2.75, 3.05) is 11.6 Å². The average molecular weight is 275 g/mol. The first-order valence-corrected chi connectivity index (χ1v) is 8.93. The number of thioether (sulfide) groups is 1. The zero-order chi connectivity index (χ0) is 13.1. The van der Waals surface area contributed by atoms with Crippen LogP contribution in [0.3, 0.4) is 0 Å². The van der Waals surface area contributed by atoms with Gasteiger partial charge in [-0.05, 0) is 62.3 Å². The van der Waals surface area contributed by atoms with E-state index in [1.807, 2.05) is 11.8 Å². The van der Waals surface area contributed by atoms with Gasteiger partial charge in [0, 0.05) is 16.6 Å². The van der Waals surface area contributed by atoms with Gasteiger partial charge in [-0.15, -0.1) is 11.8 Å². The molecule has 0 amide bonds. The fourth-order valence-electron chi connectivity index (χ4n) is 3.98. The first-order chi connectivity index (χ1) is 9.31. The van der Waals surface area contributed by atoms with Gasteiger partial charge in [-0.1, -0.05) is 25.0 Å². The second-order valence-electron chi connectivity index (χ2n) is 6.33. The van der Waals surface area contributed by atoms with Crippen molar-refractivity contribution in [1.29, 1.82) is 0 Å². The maximum Gasteiger partial charge on any atom is 0.0480 e. The van der Waals surface area contributed by atoms with Crippen LogP contribution in [0.2, 0.25) is 0 Å². The third kappa shape index (κ3) is 2.94. The molecule has 0 aliphatic heterocycles. The Bertz CT molecular complexity index is 413. The molecular weight excluding hydrogens is 250 g/mol. The molecule has 1 aromatic rings. The van der Waals surface area contributed by atoms with Crippen LogP contribution in [0.25, 0.3) is 0 Å². The Hall–Kier alpha value is -0.630. The van der Waals surface area contributed by atoms with Crippen LogP contribution in [0.4, 0.5) is 5.69 Å². The highest BCUT2D eigenvalue weighted by atomic mass is 32.2. The van der Waals surface area contributed by atoms with Crippen LogP contribution < -0.4 is 5.32 Å². The van der Waals surface area contributed by atoms with E-state index in [1.54, 1.807) is 0 Å². The molecule has 2 heteroatoms. The molecule has 0 bridgehead atoms. The maximum absolute atomic E-state index is 3.79. The first-order valence-electron chi connectivity index (χ1n) is 7.71. The molecule has 1 spiro atoms. The zero-order valence-electron chi connectivity index (χ0n) is 12.0. The quantitative estimate of drug-likeness (QED) is 0.749. The van der Waals surface area contributed by atoms with E-state index in [1.165, 1.54) is 61.9 Å². The molecule has 3 rings (SSSR count). The molecule has 2 aliphatic rings. The summed E-state index contributed by atoms with van der Waals surface area (Å²) in [5.74, 6) is 0. The van der Waals surface area contributed by atoms with Gasteiger partial charge in [-0.3, -0.25) is 0 Å². The van der Waals surface area contributed by atoms with Crippen molar-refractivity contribution in [1.82, 2.24) is 0 Å². The number of nitrogens with one attached hydrogen (secondary N) is 1. The first kappa shape index (κ1) is 13.4. The number of hydrogen-bond acceptors (Lipinski definition) is 2. The van der Waals surface area contributed by atoms with E-state index in [-0.39, 0.29) is 0 Å². The minimum atomic E-state index is 0.694. The molecular formula is C17H25NS. The predicted octanol–water partition coefficient (Wildman–Crippen LogP) is 5.32. The van der Waals surface area contributed by atoms with Crippen molar-refractivity contribution >= 4 is 17.4 Å². The minimum absolute atomic E-state index is 0.694. The van der Waals surface area contributed by atoms with Crippen LogP contribution in [0.1, 0.15) is 51.4 Å². The van der Waals surface area contributed by atoms with Crippen molar-refractivity contribution in [3.05, 3.63) is 24.3 Å². The van der Waals surface area contributed by atoms with Crippen molar-refractivity contribution in [3.63, 3.8) is 0 Å². The Morgan fingerprint density at radius 2 is 1.74 bits per heavy atom. The largest absolute Gasteiger partial charge is 0.381 e. The Morgan fingerprint density at radius 3 is 2.42 bits per heavy atom. The summed E-state index contributed by atoms with van der Waals surface area (Å²) in [6.07, 6.45) is 13.8. The number of rotatable bonds is 3. The molecule has 0 aromatic heterocycles. The number of hydrogen-bond donors (Lipinski definition) is 1. The van der Waals surface area contributed by atoms with E-state index in [0.29, 0.717) is 6.04 Å². The Labute approximate surface area is 121 Å². The summed E-state index contributed by atoms with van der Waals surface area (Å²) in [5, 5.41) is 3.79. The van der Waals surface area contributed by atoms with Gasteiger partial charge in [0.05, 0.1) is 0 Å². The normalized spacial score (nSPS) is 22.8. The van der Waals surface area contributed by atoms with Gasteiger partial charge in [0.15, 0.2) is 0 Å². The molecule has 2 fully saturated rings. The Morgan fingerprint density at radius 1 is 1.05 bits per heavy atom. The highest BCUT2D eigenvalue weighted by Crippen LogP contribution is 2.49. The number of anilines is 1. The van der Waals surface area contributed by atoms with Crippen LogP contribution >= 0.6 is 11.8 Å². The highest BCUT2D eigenvalue weighted by Gasteiger charge is 2.37. The monoisotopic (exact) mass is 275 g/mol. The van der Waals surface area contributed by atoms with Gasteiger partial charge in [-0.25, -0.2) is 0 Å². The summed E-state index contributed by atoms with van der Waals surface area (Å²) in [7, 11) is 0. The van der Waals surface area contributed by atoms with Crippen LogP contribution in [0, 0.1) is 5.41 Å². The lowest BCUT2D eigenvalue weighted by Crippen LogP contribution is -2.31. The van der Waals surface area contributed by atoms with Gasteiger partial charge in [0.2, 0.25) is 0 Å². The zero-order valence-corrected chi connectivity index (χ0v) is 12.8. The lowest BCUT2D eigenvalue weighted by molar-refractivity contribution is 0.188. The smallest absolute Gasteiger partial charge is 0.0480 e. The Balaban J connectivity index is 1.60.